The van der Waals surface area contributed by atoms with Crippen LogP contribution in [0.3, 0.4) is 0 Å². The molecule has 8 heteroatoms. The normalized spacial score (nSPS) is 35.7. The third-order valence-corrected chi connectivity index (χ3v) is 11.8. The Morgan fingerprint density at radius 1 is 1.04 bits per heavy atom. The summed E-state index contributed by atoms with van der Waals surface area (Å²) in [7, 11) is 1.44. The molecule has 1 saturated carbocycles. The van der Waals surface area contributed by atoms with Crippen LogP contribution in [0.15, 0.2) is 77.2 Å². The van der Waals surface area contributed by atoms with E-state index in [0.717, 1.165) is 56.7 Å². The number of rotatable bonds is 8. The molecule has 8 nitrogen and oxygen atoms in total. The van der Waals surface area contributed by atoms with Crippen LogP contribution < -0.4 is 0 Å². The zero-order chi connectivity index (χ0) is 31.8. The van der Waals surface area contributed by atoms with E-state index >= 15 is 0 Å². The highest BCUT2D eigenvalue weighted by molar-refractivity contribution is 5.94. The Morgan fingerprint density at radius 2 is 1.85 bits per heavy atom. The summed E-state index contributed by atoms with van der Waals surface area (Å²) in [4.78, 5) is 15.1. The first-order valence-corrected chi connectivity index (χ1v) is 17.5. The van der Waals surface area contributed by atoms with Crippen LogP contribution in [0.25, 0.3) is 0 Å². The number of esters is 1. The van der Waals surface area contributed by atoms with Crippen molar-refractivity contribution in [2.45, 2.75) is 82.4 Å². The van der Waals surface area contributed by atoms with Gasteiger partial charge in [-0.15, -0.1) is 0 Å². The van der Waals surface area contributed by atoms with E-state index in [9.17, 15) is 20.1 Å². The lowest BCUT2D eigenvalue weighted by atomic mass is 9.70. The lowest BCUT2D eigenvalue weighted by molar-refractivity contribution is -0.134. The smallest absolute Gasteiger partial charge is 0.345 e. The van der Waals surface area contributed by atoms with E-state index in [2.05, 4.69) is 53.5 Å². The molecule has 4 aliphatic heterocycles. The van der Waals surface area contributed by atoms with Crippen molar-refractivity contribution in [1.82, 2.24) is 4.90 Å². The van der Waals surface area contributed by atoms with Gasteiger partial charge in [0.05, 0.1) is 32.3 Å². The first kappa shape index (κ1) is 31.7. The Bertz CT molecular complexity index is 1390. The molecule has 4 heterocycles. The molecule has 0 bridgehead atoms. The zero-order valence-corrected chi connectivity index (χ0v) is 26.9. The first-order valence-electron chi connectivity index (χ1n) is 17.5. The number of allylic oxidation sites excluding steroid dienone is 1. The van der Waals surface area contributed by atoms with Gasteiger partial charge in [-0.2, -0.15) is 0 Å². The molecule has 1 aromatic rings. The van der Waals surface area contributed by atoms with Gasteiger partial charge in [-0.25, -0.2) is 4.79 Å². The molecule has 46 heavy (non-hydrogen) atoms. The SMILES string of the molecule is COC1=C(CO)C(=O)OC1=C1OC2=CCCN3[C@H](C[C@H](Cc4ccccc4)C[C@H]3[C@@H](O)[C@H]3C=CC[C@@H](C4CCCC4)C3)[C@@H]2[C@@H]1CO. The molecule has 1 aromatic carbocycles. The van der Waals surface area contributed by atoms with Gasteiger partial charge in [0.15, 0.2) is 11.5 Å². The summed E-state index contributed by atoms with van der Waals surface area (Å²) in [5.74, 6) is 2.09. The quantitative estimate of drug-likeness (QED) is 0.271. The molecule has 248 valence electrons. The van der Waals surface area contributed by atoms with Crippen molar-refractivity contribution in [1.29, 1.82) is 0 Å². The maximum atomic E-state index is 12.6. The lowest BCUT2D eigenvalue weighted by Crippen LogP contribution is -2.58. The third-order valence-electron chi connectivity index (χ3n) is 11.8. The molecule has 6 aliphatic rings. The van der Waals surface area contributed by atoms with Crippen LogP contribution in [0.1, 0.15) is 63.4 Å². The van der Waals surface area contributed by atoms with Crippen LogP contribution in [0.5, 0.6) is 0 Å². The topological polar surface area (TPSA) is 109 Å². The summed E-state index contributed by atoms with van der Waals surface area (Å²) in [6, 6.07) is 10.6. The summed E-state index contributed by atoms with van der Waals surface area (Å²) in [6.07, 6.45) is 17.3. The largest absolute Gasteiger partial charge is 0.492 e. The Kier molecular flexibility index (Phi) is 9.42. The second-order valence-corrected chi connectivity index (χ2v) is 14.3. The summed E-state index contributed by atoms with van der Waals surface area (Å²) in [5, 5.41) is 33.1. The van der Waals surface area contributed by atoms with Crippen molar-refractivity contribution >= 4 is 5.97 Å². The van der Waals surface area contributed by atoms with Crippen molar-refractivity contribution in [3.8, 4) is 0 Å². The minimum atomic E-state index is -0.662. The van der Waals surface area contributed by atoms with E-state index in [0.29, 0.717) is 17.6 Å². The highest BCUT2D eigenvalue weighted by Crippen LogP contribution is 2.51. The summed E-state index contributed by atoms with van der Waals surface area (Å²) < 4.78 is 17.6. The van der Waals surface area contributed by atoms with Gasteiger partial charge in [-0.3, -0.25) is 4.90 Å². The minimum absolute atomic E-state index is 0.0204. The molecule has 0 aromatic heterocycles. The highest BCUT2D eigenvalue weighted by Gasteiger charge is 2.53. The van der Waals surface area contributed by atoms with Gasteiger partial charge >= 0.3 is 5.97 Å². The molecular formula is C38H49NO7. The molecule has 2 aliphatic carbocycles. The van der Waals surface area contributed by atoms with Gasteiger partial charge in [0.25, 0.3) is 0 Å². The number of aliphatic hydroxyl groups excluding tert-OH is 3. The van der Waals surface area contributed by atoms with Crippen LogP contribution in [0, 0.1) is 35.5 Å². The van der Waals surface area contributed by atoms with Crippen LogP contribution >= 0.6 is 0 Å². The predicted octanol–water partition coefficient (Wildman–Crippen LogP) is 5.02. The average molecular weight is 632 g/mol. The second kappa shape index (κ2) is 13.7. The fourth-order valence-electron chi connectivity index (χ4n) is 9.71. The van der Waals surface area contributed by atoms with Gasteiger partial charge in [0.1, 0.15) is 11.3 Å². The number of hydrogen-bond donors (Lipinski definition) is 3. The number of aliphatic hydroxyl groups is 3. The van der Waals surface area contributed by atoms with Crippen molar-refractivity contribution in [3.63, 3.8) is 0 Å². The van der Waals surface area contributed by atoms with Crippen LogP contribution in [0.2, 0.25) is 0 Å². The number of fused-ring (bicyclic) bond motifs is 3. The van der Waals surface area contributed by atoms with E-state index in [4.69, 9.17) is 14.2 Å². The van der Waals surface area contributed by atoms with Crippen LogP contribution in [0.4, 0.5) is 0 Å². The number of carbonyl (C=O) groups excluding carboxylic acids is 1. The van der Waals surface area contributed by atoms with Gasteiger partial charge in [0, 0.05) is 30.5 Å². The van der Waals surface area contributed by atoms with Crippen LogP contribution in [-0.2, 0) is 25.4 Å². The fourth-order valence-corrected chi connectivity index (χ4v) is 9.71. The number of piperidine rings is 1. The van der Waals surface area contributed by atoms with Crippen molar-refractivity contribution in [3.05, 3.63) is 82.7 Å². The van der Waals surface area contributed by atoms with E-state index in [1.807, 2.05) is 0 Å². The van der Waals surface area contributed by atoms with Gasteiger partial charge < -0.3 is 29.5 Å². The summed E-state index contributed by atoms with van der Waals surface area (Å²) >= 11 is 0. The Labute approximate surface area is 272 Å². The molecule has 3 fully saturated rings. The number of hydrogen-bond acceptors (Lipinski definition) is 8. The number of ether oxygens (including phenoxy) is 3. The number of benzene rings is 1. The molecule has 0 unspecified atom stereocenters. The average Bonchev–Trinajstić information content (AvgIpc) is 3.80. The monoisotopic (exact) mass is 631 g/mol. The maximum absolute atomic E-state index is 12.6. The predicted molar refractivity (Wildman–Crippen MR) is 173 cm³/mol. The van der Waals surface area contributed by atoms with Crippen molar-refractivity contribution in [2.24, 2.45) is 35.5 Å². The van der Waals surface area contributed by atoms with E-state index in [1.54, 1.807) is 0 Å². The summed E-state index contributed by atoms with van der Waals surface area (Å²) in [6.45, 7) is 0.107. The molecule has 8 atom stereocenters. The van der Waals surface area contributed by atoms with Crippen LogP contribution in [-0.4, -0.2) is 71.2 Å². The number of nitrogens with zero attached hydrogens (tertiary/aromatic N) is 1. The second-order valence-electron chi connectivity index (χ2n) is 14.3. The first-order chi connectivity index (χ1) is 22.5. The molecule has 2 saturated heterocycles. The molecule has 0 spiro atoms. The third kappa shape index (κ3) is 5.87. The van der Waals surface area contributed by atoms with E-state index < -0.39 is 24.6 Å². The Morgan fingerprint density at radius 3 is 2.59 bits per heavy atom. The zero-order valence-electron chi connectivity index (χ0n) is 26.9. The number of methoxy groups -OCH3 is 1. The van der Waals surface area contributed by atoms with Crippen molar-refractivity contribution in [2.75, 3.05) is 26.9 Å². The van der Waals surface area contributed by atoms with Gasteiger partial charge in [-0.05, 0) is 67.9 Å². The van der Waals surface area contributed by atoms with E-state index in [1.165, 1.54) is 38.4 Å². The molecule has 7 rings (SSSR count). The maximum Gasteiger partial charge on any atom is 0.345 e. The molecule has 0 amide bonds. The number of carbonyl (C=O) groups is 1. The van der Waals surface area contributed by atoms with Crippen molar-refractivity contribution < 1.29 is 34.3 Å². The Hall–Kier alpha value is -2.91. The standard InChI is InChI=1S/C38H49NO7/c1-44-35-29(22-41)38(43)46-37(35)36-28(21-40)33-30-18-24(17-23-9-3-2-4-10-23)19-31(39(30)16-8-15-32(33)45-36)34(42)27-14-7-13-26(20-27)25-11-5-6-12-25/h2-4,7,9-10,14-15,24-28,30-31,33-34,40-42H,5-6,8,11-13,16-22H2,1H3/t24-,26+,27-,28-,30+,31-,33-,34-/m0/s1. The summed E-state index contributed by atoms with van der Waals surface area (Å²) in [5.41, 5.74) is 1.35. The van der Waals surface area contributed by atoms with E-state index in [-0.39, 0.29) is 47.6 Å². The van der Waals surface area contributed by atoms with Gasteiger partial charge in [-0.1, -0.05) is 68.2 Å². The molecule has 3 N–H and O–H groups in total. The number of cyclic esters (lactones) is 1. The molecule has 0 radical (unpaired) electrons. The molecular weight excluding hydrogens is 582 g/mol. The highest BCUT2D eigenvalue weighted by atomic mass is 16.6. The Balaban J connectivity index is 1.22. The minimum Gasteiger partial charge on any atom is -0.492 e. The lowest BCUT2D eigenvalue weighted by Gasteiger charge is -2.50. The van der Waals surface area contributed by atoms with Gasteiger partial charge in [0.2, 0.25) is 5.76 Å². The fraction of sp³-hybridized carbons (Fsp3) is 0.605.